The molecule has 23 heavy (non-hydrogen) atoms. The van der Waals surface area contributed by atoms with E-state index in [0.717, 1.165) is 18.2 Å². The predicted octanol–water partition coefficient (Wildman–Crippen LogP) is 2.93. The second-order valence-corrected chi connectivity index (χ2v) is 6.19. The van der Waals surface area contributed by atoms with Crippen molar-refractivity contribution in [3.8, 4) is 0 Å². The van der Waals surface area contributed by atoms with Crippen LogP contribution in [0.5, 0.6) is 0 Å². The average Bonchev–Trinajstić information content (AvgIpc) is 2.35. The highest BCUT2D eigenvalue weighted by molar-refractivity contribution is 5.89. The maximum Gasteiger partial charge on any atom is 0.416 e. The smallest absolute Gasteiger partial charge is 0.416 e. The molecular formula is C15H19F3N2O3. The van der Waals surface area contributed by atoms with E-state index < -0.39 is 34.9 Å². The van der Waals surface area contributed by atoms with E-state index in [4.69, 9.17) is 10.5 Å². The summed E-state index contributed by atoms with van der Waals surface area (Å²) >= 11 is 0. The van der Waals surface area contributed by atoms with Crippen molar-refractivity contribution >= 4 is 12.0 Å². The van der Waals surface area contributed by atoms with Crippen LogP contribution in [-0.4, -0.2) is 17.6 Å². The van der Waals surface area contributed by atoms with Crippen molar-refractivity contribution in [2.24, 2.45) is 5.73 Å². The number of hydrogen-bond donors (Lipinski definition) is 2. The van der Waals surface area contributed by atoms with Gasteiger partial charge in [0.05, 0.1) is 5.56 Å². The molecule has 0 saturated heterocycles. The Morgan fingerprint density at radius 2 is 1.61 bits per heavy atom. The van der Waals surface area contributed by atoms with Crippen molar-refractivity contribution in [1.29, 1.82) is 0 Å². The first kappa shape index (κ1) is 18.8. The van der Waals surface area contributed by atoms with Crippen LogP contribution >= 0.6 is 0 Å². The van der Waals surface area contributed by atoms with E-state index in [9.17, 15) is 22.8 Å². The van der Waals surface area contributed by atoms with E-state index in [0.29, 0.717) is 0 Å². The Labute approximate surface area is 132 Å². The number of halogens is 3. The minimum Gasteiger partial charge on any atom is -0.444 e. The van der Waals surface area contributed by atoms with Crippen LogP contribution in [0.4, 0.5) is 18.0 Å². The second kappa shape index (κ2) is 6.10. The highest BCUT2D eigenvalue weighted by atomic mass is 19.4. The lowest BCUT2D eigenvalue weighted by atomic mass is 9.90. The molecule has 0 spiro atoms. The summed E-state index contributed by atoms with van der Waals surface area (Å²) in [5.41, 5.74) is 1.56. The number of carbonyl (C=O) groups excluding carboxylic acids is 2. The maximum atomic E-state index is 12.8. The Kier molecular flexibility index (Phi) is 4.98. The summed E-state index contributed by atoms with van der Waals surface area (Å²) < 4.78 is 43.5. The predicted molar refractivity (Wildman–Crippen MR) is 77.4 cm³/mol. The molecule has 0 unspecified atom stereocenters. The first-order valence-electron chi connectivity index (χ1n) is 6.74. The number of benzene rings is 1. The topological polar surface area (TPSA) is 81.4 Å². The minimum atomic E-state index is -4.58. The zero-order valence-electron chi connectivity index (χ0n) is 13.2. The summed E-state index contributed by atoms with van der Waals surface area (Å²) in [4.78, 5) is 23.6. The summed E-state index contributed by atoms with van der Waals surface area (Å²) in [5, 5.41) is 2.24. The van der Waals surface area contributed by atoms with Crippen LogP contribution in [-0.2, 0) is 21.2 Å². The average molecular weight is 332 g/mol. The van der Waals surface area contributed by atoms with Crippen molar-refractivity contribution in [3.05, 3.63) is 35.4 Å². The molecule has 0 heterocycles. The fraction of sp³-hybridized carbons (Fsp3) is 0.467. The van der Waals surface area contributed by atoms with Crippen molar-refractivity contribution < 1.29 is 27.5 Å². The summed E-state index contributed by atoms with van der Waals surface area (Å²) in [6, 6.07) is 4.04. The fourth-order valence-electron chi connectivity index (χ4n) is 1.79. The van der Waals surface area contributed by atoms with Gasteiger partial charge in [-0.05, 0) is 45.4 Å². The molecule has 2 amide bonds. The van der Waals surface area contributed by atoms with E-state index >= 15 is 0 Å². The van der Waals surface area contributed by atoms with E-state index in [1.807, 2.05) is 0 Å². The number of rotatable bonds is 3. The van der Waals surface area contributed by atoms with Gasteiger partial charge < -0.3 is 15.8 Å². The van der Waals surface area contributed by atoms with Crippen LogP contribution < -0.4 is 11.1 Å². The number of nitrogens with two attached hydrogens (primary N) is 1. The van der Waals surface area contributed by atoms with Gasteiger partial charge in [0.2, 0.25) is 5.91 Å². The van der Waals surface area contributed by atoms with Gasteiger partial charge in [-0.3, -0.25) is 4.79 Å². The summed E-state index contributed by atoms with van der Waals surface area (Å²) in [5.74, 6) is -1.01. The van der Waals surface area contributed by atoms with Crippen LogP contribution in [0, 0.1) is 0 Å². The third-order valence-corrected chi connectivity index (χ3v) is 3.01. The van der Waals surface area contributed by atoms with E-state index in [1.54, 1.807) is 20.8 Å². The van der Waals surface area contributed by atoms with Crippen molar-refractivity contribution in [2.75, 3.05) is 0 Å². The van der Waals surface area contributed by atoms with E-state index in [1.165, 1.54) is 13.0 Å². The first-order valence-corrected chi connectivity index (χ1v) is 6.74. The lowest BCUT2D eigenvalue weighted by Gasteiger charge is -2.30. The van der Waals surface area contributed by atoms with Crippen LogP contribution in [0.3, 0.4) is 0 Å². The third kappa shape index (κ3) is 4.87. The molecule has 0 bridgehead atoms. The van der Waals surface area contributed by atoms with Gasteiger partial charge in [0, 0.05) is 0 Å². The number of alkyl halides is 3. The Bertz CT molecular complexity index is 609. The molecular weight excluding hydrogens is 313 g/mol. The first-order chi connectivity index (χ1) is 10.3. The van der Waals surface area contributed by atoms with Gasteiger partial charge in [-0.25, -0.2) is 4.79 Å². The summed E-state index contributed by atoms with van der Waals surface area (Å²) in [7, 11) is 0. The Balaban J connectivity index is 3.20. The molecule has 0 aromatic heterocycles. The van der Waals surface area contributed by atoms with Gasteiger partial charge in [0.15, 0.2) is 0 Å². The molecule has 1 aromatic carbocycles. The number of primary amides is 1. The monoisotopic (exact) mass is 332 g/mol. The molecule has 8 heteroatoms. The van der Waals surface area contributed by atoms with Gasteiger partial charge >= 0.3 is 12.3 Å². The Hall–Kier alpha value is -2.25. The summed E-state index contributed by atoms with van der Waals surface area (Å²) in [6.45, 7) is 6.05. The molecule has 1 atom stereocenters. The van der Waals surface area contributed by atoms with Gasteiger partial charge in [0.1, 0.15) is 11.1 Å². The highest BCUT2D eigenvalue weighted by Gasteiger charge is 2.39. The van der Waals surface area contributed by atoms with E-state index in [2.05, 4.69) is 5.32 Å². The van der Waals surface area contributed by atoms with Crippen molar-refractivity contribution in [2.45, 2.75) is 45.0 Å². The van der Waals surface area contributed by atoms with Crippen LogP contribution in [0.1, 0.15) is 38.8 Å². The molecule has 3 N–H and O–H groups in total. The number of hydrogen-bond acceptors (Lipinski definition) is 3. The number of amides is 2. The molecule has 0 radical (unpaired) electrons. The molecule has 0 fully saturated rings. The van der Waals surface area contributed by atoms with Crippen LogP contribution in [0.25, 0.3) is 0 Å². The molecule has 0 aliphatic heterocycles. The molecule has 0 aliphatic carbocycles. The van der Waals surface area contributed by atoms with Gasteiger partial charge in [0.25, 0.3) is 0 Å². The number of nitrogens with one attached hydrogen (secondary N) is 1. The number of ether oxygens (including phenoxy) is 1. The molecule has 0 saturated carbocycles. The molecule has 5 nitrogen and oxygen atoms in total. The molecule has 0 aliphatic rings. The lowest BCUT2D eigenvalue weighted by molar-refractivity contribution is -0.137. The fourth-order valence-corrected chi connectivity index (χ4v) is 1.79. The Morgan fingerprint density at radius 1 is 1.09 bits per heavy atom. The Morgan fingerprint density at radius 3 is 2.04 bits per heavy atom. The number of carbonyl (C=O) groups is 2. The van der Waals surface area contributed by atoms with Crippen molar-refractivity contribution in [3.63, 3.8) is 0 Å². The highest BCUT2D eigenvalue weighted by Crippen LogP contribution is 2.32. The van der Waals surface area contributed by atoms with E-state index in [-0.39, 0.29) is 5.56 Å². The second-order valence-electron chi connectivity index (χ2n) is 6.19. The molecule has 1 rings (SSSR count). The number of alkyl carbamates (subject to hydrolysis) is 1. The zero-order chi connectivity index (χ0) is 18.1. The van der Waals surface area contributed by atoms with Crippen LogP contribution in [0.15, 0.2) is 24.3 Å². The van der Waals surface area contributed by atoms with Gasteiger partial charge in [-0.2, -0.15) is 13.2 Å². The summed E-state index contributed by atoms with van der Waals surface area (Å²) in [6.07, 6.45) is -5.54. The zero-order valence-corrected chi connectivity index (χ0v) is 13.2. The van der Waals surface area contributed by atoms with Crippen LogP contribution in [0.2, 0.25) is 0 Å². The largest absolute Gasteiger partial charge is 0.444 e. The minimum absolute atomic E-state index is 0.0920. The van der Waals surface area contributed by atoms with Gasteiger partial charge in [-0.1, -0.05) is 12.1 Å². The quantitative estimate of drug-likeness (QED) is 0.893. The van der Waals surface area contributed by atoms with Crippen molar-refractivity contribution in [1.82, 2.24) is 5.32 Å². The molecule has 1 aromatic rings. The maximum absolute atomic E-state index is 12.8. The molecule has 128 valence electrons. The standard InChI is InChI=1S/C15H19F3N2O3/c1-13(2,3)23-12(22)20-14(4,11(19)21)9-6-5-7-10(8-9)15(16,17)18/h5-8H,1-4H3,(H2,19,21)(H,20,22)/t14-/m0/s1. The SMILES string of the molecule is CC(C)(C)OC(=O)N[C@](C)(C(N)=O)c1cccc(C(F)(F)F)c1. The van der Waals surface area contributed by atoms with Gasteiger partial charge in [-0.15, -0.1) is 0 Å². The normalized spacial score (nSPS) is 14.7. The lowest BCUT2D eigenvalue weighted by Crippen LogP contribution is -2.53. The third-order valence-electron chi connectivity index (χ3n) is 3.01.